The molecular formula is C24H25N3O6. The van der Waals surface area contributed by atoms with Gasteiger partial charge in [-0.1, -0.05) is 0 Å². The van der Waals surface area contributed by atoms with Crippen LogP contribution in [0.4, 0.5) is 0 Å². The molecule has 2 aromatic rings. The highest BCUT2D eigenvalue weighted by atomic mass is 16.5. The lowest BCUT2D eigenvalue weighted by atomic mass is 9.70. The van der Waals surface area contributed by atoms with Crippen molar-refractivity contribution in [1.29, 1.82) is 0 Å². The molecule has 172 valence electrons. The number of phenols is 2. The van der Waals surface area contributed by atoms with E-state index >= 15 is 0 Å². The number of carbonyl (C=O) groups excluding carboxylic acids is 3. The minimum Gasteiger partial charge on any atom is -0.507 e. The molecule has 1 aromatic carbocycles. The van der Waals surface area contributed by atoms with Crippen molar-refractivity contribution in [3.8, 4) is 17.2 Å². The van der Waals surface area contributed by atoms with Crippen LogP contribution in [0.25, 0.3) is 0 Å². The predicted molar refractivity (Wildman–Crippen MR) is 118 cm³/mol. The van der Waals surface area contributed by atoms with E-state index in [-0.39, 0.29) is 39.5 Å². The van der Waals surface area contributed by atoms with Gasteiger partial charge in [-0.2, -0.15) is 5.10 Å². The van der Waals surface area contributed by atoms with Gasteiger partial charge >= 0.3 is 0 Å². The number of aryl methyl sites for hydroxylation is 1. The van der Waals surface area contributed by atoms with Crippen LogP contribution in [0.2, 0.25) is 0 Å². The highest BCUT2D eigenvalue weighted by Gasteiger charge is 2.56. The second-order valence-electron chi connectivity index (χ2n) is 8.44. The third kappa shape index (κ3) is 3.31. The van der Waals surface area contributed by atoms with Gasteiger partial charge in [-0.15, -0.1) is 0 Å². The van der Waals surface area contributed by atoms with Gasteiger partial charge in [0.2, 0.25) is 0 Å². The van der Waals surface area contributed by atoms with Gasteiger partial charge in [-0.3, -0.25) is 19.1 Å². The van der Waals surface area contributed by atoms with Crippen molar-refractivity contribution < 1.29 is 29.3 Å². The fourth-order valence-corrected chi connectivity index (χ4v) is 4.40. The minimum absolute atomic E-state index is 0.0190. The first kappa shape index (κ1) is 22.3. The third-order valence-corrected chi connectivity index (χ3v) is 6.27. The first-order chi connectivity index (χ1) is 15.6. The van der Waals surface area contributed by atoms with Crippen LogP contribution in [0.3, 0.4) is 0 Å². The zero-order valence-corrected chi connectivity index (χ0v) is 18.9. The van der Waals surface area contributed by atoms with Crippen molar-refractivity contribution in [1.82, 2.24) is 15.1 Å². The van der Waals surface area contributed by atoms with E-state index in [9.17, 15) is 24.6 Å². The van der Waals surface area contributed by atoms with Gasteiger partial charge in [0.25, 0.3) is 0 Å². The monoisotopic (exact) mass is 451 g/mol. The van der Waals surface area contributed by atoms with E-state index in [1.807, 2.05) is 12.3 Å². The van der Waals surface area contributed by atoms with E-state index in [0.717, 1.165) is 6.42 Å². The fraction of sp³-hybridized carbons (Fsp3) is 0.333. The molecule has 1 aromatic heterocycles. The summed E-state index contributed by atoms with van der Waals surface area (Å²) in [6.45, 7) is 7.10. The second-order valence-corrected chi connectivity index (χ2v) is 8.44. The van der Waals surface area contributed by atoms with E-state index in [1.165, 1.54) is 19.9 Å². The average Bonchev–Trinajstić information content (AvgIpc) is 3.36. The van der Waals surface area contributed by atoms with Crippen LogP contribution in [0.15, 0.2) is 41.6 Å². The number of nitrogens with zero attached hydrogens (tertiary/aromatic N) is 2. The summed E-state index contributed by atoms with van der Waals surface area (Å²) in [5.41, 5.74) is -1.12. The Labute approximate surface area is 190 Å². The van der Waals surface area contributed by atoms with Gasteiger partial charge in [0, 0.05) is 42.8 Å². The molecule has 9 nitrogen and oxygen atoms in total. The summed E-state index contributed by atoms with van der Waals surface area (Å²) in [5, 5.41) is 28.5. The molecule has 4 rings (SSSR count). The summed E-state index contributed by atoms with van der Waals surface area (Å²) in [5.74, 6) is -2.39. The van der Waals surface area contributed by atoms with Crippen LogP contribution >= 0.6 is 0 Å². The van der Waals surface area contributed by atoms with Gasteiger partial charge in [-0.25, -0.2) is 0 Å². The molecular weight excluding hydrogens is 426 g/mol. The van der Waals surface area contributed by atoms with Gasteiger partial charge in [0.15, 0.2) is 17.3 Å². The number of ketones is 3. The normalized spacial score (nSPS) is 20.7. The SMILES string of the molecule is CC(=O)c1c(O)c(C)c(O)c2c1OC1=CC(=O)C(=C(C)NCCCn3cccn3)C(=O)[C@@]12C. The van der Waals surface area contributed by atoms with E-state index in [0.29, 0.717) is 18.8 Å². The maximum atomic E-state index is 13.7. The van der Waals surface area contributed by atoms with E-state index in [1.54, 1.807) is 24.7 Å². The molecule has 0 amide bonds. The lowest BCUT2D eigenvalue weighted by molar-refractivity contribution is -0.123. The number of benzene rings is 1. The smallest absolute Gasteiger partial charge is 0.194 e. The lowest BCUT2D eigenvalue weighted by Gasteiger charge is -2.29. The number of phenolic OH excluding ortho intramolecular Hbond substituents is 2. The van der Waals surface area contributed by atoms with E-state index < -0.39 is 28.5 Å². The molecule has 1 aliphatic heterocycles. The molecule has 0 bridgehead atoms. The fourth-order valence-electron chi connectivity index (χ4n) is 4.40. The van der Waals surface area contributed by atoms with Gasteiger partial charge in [0.05, 0.1) is 11.1 Å². The standard InChI is InChI=1S/C24H25N3O6/c1-12-20(30)18(14(3)28)22-19(21(12)31)24(4)16(33-22)11-15(29)17(23(24)32)13(2)25-7-5-9-27-10-6-8-26-27/h6,8,10-11,25,30-31H,5,7,9H2,1-4H3/t24-/m0/s1. The largest absolute Gasteiger partial charge is 0.507 e. The Morgan fingerprint density at radius 2 is 1.97 bits per heavy atom. The number of rotatable bonds is 6. The van der Waals surface area contributed by atoms with Crippen LogP contribution in [-0.2, 0) is 21.5 Å². The van der Waals surface area contributed by atoms with Crippen LogP contribution in [0, 0.1) is 6.92 Å². The maximum absolute atomic E-state index is 13.7. The Hall–Kier alpha value is -3.88. The van der Waals surface area contributed by atoms with E-state index in [4.69, 9.17) is 4.74 Å². The number of hydrogen-bond acceptors (Lipinski definition) is 8. The Morgan fingerprint density at radius 1 is 1.24 bits per heavy atom. The van der Waals surface area contributed by atoms with Crippen molar-refractivity contribution in [3.05, 3.63) is 58.3 Å². The lowest BCUT2D eigenvalue weighted by Crippen LogP contribution is -2.41. The van der Waals surface area contributed by atoms with E-state index in [2.05, 4.69) is 10.4 Å². The van der Waals surface area contributed by atoms with Gasteiger partial charge in [-0.05, 0) is 40.2 Å². The first-order valence-electron chi connectivity index (χ1n) is 10.6. The number of aromatic hydroxyl groups is 2. The quantitative estimate of drug-likeness (QED) is 0.264. The number of allylic oxidation sites excluding steroid dienone is 4. The number of ether oxygens (including phenoxy) is 1. The molecule has 1 atom stereocenters. The van der Waals surface area contributed by atoms with Gasteiger partial charge in [0.1, 0.15) is 34.0 Å². The zero-order chi connectivity index (χ0) is 24.1. The number of hydrogen-bond donors (Lipinski definition) is 3. The second kappa shape index (κ2) is 7.91. The molecule has 0 saturated carbocycles. The number of nitrogens with one attached hydrogen (secondary N) is 1. The highest BCUT2D eigenvalue weighted by Crippen LogP contribution is 2.57. The summed E-state index contributed by atoms with van der Waals surface area (Å²) in [6.07, 6.45) is 5.48. The number of aromatic nitrogens is 2. The minimum atomic E-state index is -1.51. The molecule has 0 fully saturated rings. The molecule has 0 radical (unpaired) electrons. The molecule has 1 aliphatic carbocycles. The first-order valence-corrected chi connectivity index (χ1v) is 10.6. The summed E-state index contributed by atoms with van der Waals surface area (Å²) in [4.78, 5) is 38.8. The molecule has 0 saturated heterocycles. The zero-order valence-electron chi connectivity index (χ0n) is 18.9. The maximum Gasteiger partial charge on any atom is 0.194 e. The van der Waals surface area contributed by atoms with Crippen LogP contribution in [0.5, 0.6) is 17.2 Å². The van der Waals surface area contributed by atoms with Crippen molar-refractivity contribution in [2.24, 2.45) is 0 Å². The molecule has 33 heavy (non-hydrogen) atoms. The molecule has 3 N–H and O–H groups in total. The molecule has 0 spiro atoms. The average molecular weight is 451 g/mol. The van der Waals surface area contributed by atoms with Crippen LogP contribution < -0.4 is 10.1 Å². The topological polar surface area (TPSA) is 131 Å². The Bertz CT molecular complexity index is 1260. The Kier molecular flexibility index (Phi) is 5.35. The van der Waals surface area contributed by atoms with Crippen LogP contribution in [-0.4, -0.2) is 43.9 Å². The summed E-state index contributed by atoms with van der Waals surface area (Å²) >= 11 is 0. The van der Waals surface area contributed by atoms with Crippen molar-refractivity contribution in [2.75, 3.05) is 6.54 Å². The third-order valence-electron chi connectivity index (χ3n) is 6.27. The number of carbonyl (C=O) groups is 3. The van der Waals surface area contributed by atoms with Gasteiger partial charge < -0.3 is 20.3 Å². The predicted octanol–water partition coefficient (Wildman–Crippen LogP) is 2.45. The van der Waals surface area contributed by atoms with Crippen LogP contribution in [0.1, 0.15) is 48.7 Å². The molecule has 2 aliphatic rings. The molecule has 0 unspecified atom stereocenters. The Morgan fingerprint density at radius 3 is 2.61 bits per heavy atom. The summed E-state index contributed by atoms with van der Waals surface area (Å²) in [7, 11) is 0. The summed E-state index contributed by atoms with van der Waals surface area (Å²) < 4.78 is 7.55. The molecule has 9 heteroatoms. The number of fused-ring (bicyclic) bond motifs is 3. The van der Waals surface area contributed by atoms with Crippen molar-refractivity contribution in [2.45, 2.75) is 46.1 Å². The number of Topliss-reactive ketones (excluding diaryl/α,β-unsaturated/α-hetero) is 2. The van der Waals surface area contributed by atoms with Crippen molar-refractivity contribution in [3.63, 3.8) is 0 Å². The summed E-state index contributed by atoms with van der Waals surface area (Å²) in [6, 6.07) is 1.83. The van der Waals surface area contributed by atoms with Crippen molar-refractivity contribution >= 4 is 17.3 Å². The highest BCUT2D eigenvalue weighted by molar-refractivity contribution is 6.31. The molecule has 2 heterocycles. The Balaban J connectivity index is 1.72.